The number of fused-ring (bicyclic) bond motifs is 25. The van der Waals surface area contributed by atoms with E-state index < -0.39 is 29.7 Å². The van der Waals surface area contributed by atoms with Crippen molar-refractivity contribution < 1.29 is 58.8 Å². The molecule has 0 radical (unpaired) electrons. The van der Waals surface area contributed by atoms with Crippen molar-refractivity contribution in [3.05, 3.63) is 250 Å². The zero-order valence-corrected chi connectivity index (χ0v) is 85.4. The third kappa shape index (κ3) is 23.1. The predicted octanol–water partition coefficient (Wildman–Crippen LogP) is 21.1. The molecule has 0 atom stereocenters. The average molecular weight is 1960 g/mol. The van der Waals surface area contributed by atoms with Crippen LogP contribution in [0.2, 0.25) is 0 Å². The van der Waals surface area contributed by atoms with E-state index in [9.17, 15) is 35.1 Å². The first-order valence-electron chi connectivity index (χ1n) is 50.7. The van der Waals surface area contributed by atoms with Crippen LogP contribution in [0.3, 0.4) is 0 Å². The number of aromatic nitrogens is 8. The molecule has 8 N–H and O–H groups in total. The minimum absolute atomic E-state index is 0.182. The fourth-order valence-electron chi connectivity index (χ4n) is 22.2. The number of H-pyrrole nitrogens is 8. The number of hydrogen-bond donors (Lipinski definition) is 8. The second-order valence-corrected chi connectivity index (χ2v) is 41.0. The van der Waals surface area contributed by atoms with Crippen LogP contribution in [0, 0.1) is 46.3 Å². The number of ether oxygens (including phenoxy) is 5. The van der Waals surface area contributed by atoms with E-state index in [1.54, 1.807) is 38.3 Å². The number of aromatic amines is 8. The lowest BCUT2D eigenvalue weighted by Crippen LogP contribution is -2.21. The van der Waals surface area contributed by atoms with E-state index in [-0.39, 0.29) is 5.75 Å². The van der Waals surface area contributed by atoms with Gasteiger partial charge >= 0.3 is 12.5 Å². The Morgan fingerprint density at radius 2 is 0.594 bits per heavy atom. The lowest BCUT2D eigenvalue weighted by Gasteiger charge is -2.13. The van der Waals surface area contributed by atoms with Gasteiger partial charge < -0.3 is 103 Å². The fourth-order valence-corrected chi connectivity index (χ4v) is 22.2. The molecule has 0 amide bonds. The van der Waals surface area contributed by atoms with Gasteiger partial charge in [0.2, 0.25) is 6.79 Å². The second kappa shape index (κ2) is 43.2. The molecule has 143 heavy (non-hydrogen) atoms. The van der Waals surface area contributed by atoms with Crippen molar-refractivity contribution in [1.82, 2.24) is 79.1 Å². The molecule has 21 nitrogen and oxygen atoms in total. The molecule has 0 saturated heterocycles. The first kappa shape index (κ1) is 101. The number of nitrogens with zero attached hydrogens (tertiary/aromatic N) is 8. The summed E-state index contributed by atoms with van der Waals surface area (Å²) in [5.74, 6) is 2.50. The molecule has 25 rings (SSSR count). The molecule has 0 bridgehead atoms. The average Bonchev–Trinajstić information content (AvgIpc) is 1.60. The maximum atomic E-state index is 13.8. The summed E-state index contributed by atoms with van der Waals surface area (Å²) < 4.78 is 129. The van der Waals surface area contributed by atoms with Gasteiger partial charge in [0, 0.05) is 308 Å². The topological polar surface area (TPSA) is 198 Å². The SMILES string of the molecule is CN1CCc2[nH]c3cc(F)cc(F)c3c2CC1.CN1CCc2[nH]c3cc(OC(F)(F)F)ccc3c2CC1.CN1CCc2[nH]c3cc4c(cc3c2CC1)OCO4.COc1cc(C)cc2[nH]c3c(c12)CCN(C)CC3.COc1ccc2c3c([nH]c2c1)CCN(C)CC3.Cc1cc(C(F)(F)F)c2c3c([nH]c2c1)CCN(C)CC3.Cc1cc2[nH]c3c(c2cc1C)CCN(C)CC3.Cc1ccc2c3c([nH]c2c1)CCN(C)CC3. The number of nitrogens with one attached hydrogen (secondary N) is 8. The van der Waals surface area contributed by atoms with E-state index in [2.05, 4.69) is 228 Å². The highest BCUT2D eigenvalue weighted by molar-refractivity contribution is 5.94. The summed E-state index contributed by atoms with van der Waals surface area (Å²) in [6, 6.07) is 36.1. The largest absolute Gasteiger partial charge is 0.573 e. The molecule has 16 aromatic rings. The minimum Gasteiger partial charge on any atom is -0.497 e. The summed E-state index contributed by atoms with van der Waals surface area (Å²) in [5.41, 5.74) is 34.4. The number of likely N-dealkylation sites (N-methyl/N-ethyl adjacent to an activating group) is 8. The maximum Gasteiger partial charge on any atom is 0.573 e. The van der Waals surface area contributed by atoms with Gasteiger partial charge in [-0.3, -0.25) is 0 Å². The van der Waals surface area contributed by atoms with Crippen LogP contribution in [0.5, 0.6) is 28.7 Å². The molecule has 760 valence electrons. The standard InChI is InChI=1S/C15H17F3N2.C15H20N2O.C15H20N2.C14H15F3N2O.C14H16N2O2.C14H18N2O.C14H18N2.C13H14F2N2/c1-9-7-11(15(16,17)18)14-10-3-5-20(2)6-4-12(10)19-13(14)8-9;1-10-8-13-15(14(9-10)18-3)11-4-6-17(2)7-5-12(11)16-13;1-10-8-13-12-4-6-17(3)7-5-14(12)16-15(13)9-11(10)2;1-19-6-4-11-10-3-2-9(20-14(15,16)17)8-13(10)18-12(11)5-7-19;1-16-4-2-9-10-6-13-14(18-8-17-13)7-12(10)15-11(9)3-5-16;1-16-7-5-12-11-4-3-10(17-2)9-14(11)15-13(12)6-8-16;1-10-3-4-11-12-5-7-16(2)8-6-13(12)15-14(11)9-10;1-17-4-2-9-11(3-5-17)16-12-7-8(14)6-10(15)13(9)12/h7-8,19H,3-6H2,1-2H3;8-9,16H,4-7H2,1-3H3;8-9,16H,4-7H2,1-3H3;2-3,8,18H,4-7H2,1H3;6-7,15H,2-5,8H2,1H3;3-4,9,15H,5-8H2,1-2H3;3-4,9,15H,5-8H2,1-2H3;6-7,16H,2-5H2,1H3. The maximum absolute atomic E-state index is 13.8. The van der Waals surface area contributed by atoms with Gasteiger partial charge in [-0.25, -0.2) is 8.78 Å². The first-order valence-corrected chi connectivity index (χ1v) is 50.7. The Hall–Kier alpha value is -11.8. The Kier molecular flexibility index (Phi) is 30.6. The molecule has 0 aliphatic carbocycles. The summed E-state index contributed by atoms with van der Waals surface area (Å²) in [6.45, 7) is 27.6. The van der Waals surface area contributed by atoms with Gasteiger partial charge in [-0.05, 0) is 294 Å². The van der Waals surface area contributed by atoms with Crippen LogP contribution in [-0.4, -0.2) is 268 Å². The molecule has 8 aromatic carbocycles. The van der Waals surface area contributed by atoms with Crippen molar-refractivity contribution in [3.8, 4) is 28.7 Å². The highest BCUT2D eigenvalue weighted by Crippen LogP contribution is 2.44. The zero-order valence-electron chi connectivity index (χ0n) is 85.4. The van der Waals surface area contributed by atoms with Gasteiger partial charge in [0.1, 0.15) is 28.9 Å². The normalized spacial score (nSPS) is 17.3. The Bertz CT molecular complexity index is 7270. The van der Waals surface area contributed by atoms with E-state index in [0.717, 1.165) is 231 Å². The minimum atomic E-state index is -4.65. The summed E-state index contributed by atoms with van der Waals surface area (Å²) in [7, 11) is 20.6. The van der Waals surface area contributed by atoms with Crippen LogP contribution in [0.25, 0.3) is 87.2 Å². The lowest BCUT2D eigenvalue weighted by molar-refractivity contribution is -0.274. The number of aryl methyl sites for hydroxylation is 5. The molecule has 8 aromatic heterocycles. The highest BCUT2D eigenvalue weighted by Gasteiger charge is 2.37. The van der Waals surface area contributed by atoms with Crippen LogP contribution in [0.1, 0.15) is 123 Å². The Labute approximate surface area is 831 Å². The van der Waals surface area contributed by atoms with Gasteiger partial charge in [0.05, 0.1) is 25.3 Å². The van der Waals surface area contributed by atoms with E-state index in [1.807, 2.05) is 19.2 Å². The second-order valence-electron chi connectivity index (χ2n) is 41.0. The number of hydrogen-bond acceptors (Lipinski definition) is 13. The van der Waals surface area contributed by atoms with Gasteiger partial charge in [0.25, 0.3) is 0 Å². The molecule has 9 aliphatic rings. The van der Waals surface area contributed by atoms with Crippen LogP contribution >= 0.6 is 0 Å². The van der Waals surface area contributed by atoms with E-state index in [0.29, 0.717) is 46.1 Å². The van der Waals surface area contributed by atoms with Crippen molar-refractivity contribution in [1.29, 1.82) is 0 Å². The van der Waals surface area contributed by atoms with E-state index >= 15 is 0 Å². The number of rotatable bonds is 3. The summed E-state index contributed by atoms with van der Waals surface area (Å²) >= 11 is 0. The Morgan fingerprint density at radius 3 is 1.02 bits per heavy atom. The van der Waals surface area contributed by atoms with E-state index in [4.69, 9.17) is 18.9 Å². The number of methoxy groups -OCH3 is 2. The van der Waals surface area contributed by atoms with Crippen LogP contribution in [0.4, 0.5) is 35.1 Å². The lowest BCUT2D eigenvalue weighted by atomic mass is 10.00. The van der Waals surface area contributed by atoms with E-state index in [1.165, 1.54) is 184 Å². The monoisotopic (exact) mass is 1960 g/mol. The van der Waals surface area contributed by atoms with Gasteiger partial charge in [-0.2, -0.15) is 13.2 Å². The molecule has 0 fully saturated rings. The van der Waals surface area contributed by atoms with Gasteiger partial charge in [0.15, 0.2) is 11.5 Å². The van der Waals surface area contributed by atoms with Crippen LogP contribution in [-0.2, 0) is 109 Å². The molecular formula is C114H138F8N16O5. The Morgan fingerprint density at radius 1 is 0.280 bits per heavy atom. The molecule has 17 heterocycles. The molecule has 0 unspecified atom stereocenters. The first-order chi connectivity index (χ1) is 68.6. The molecule has 0 spiro atoms. The smallest absolute Gasteiger partial charge is 0.497 e. The summed E-state index contributed by atoms with van der Waals surface area (Å²) in [6.07, 6.45) is 7.25. The number of benzene rings is 8. The Balaban J connectivity index is 0.000000108. The quantitative estimate of drug-likeness (QED) is 0.0779. The van der Waals surface area contributed by atoms with Gasteiger partial charge in [-0.1, -0.05) is 12.1 Å². The molecular weight excluding hydrogens is 1830 g/mol. The molecule has 9 aliphatic heterocycles. The van der Waals surface area contributed by atoms with Gasteiger partial charge in [-0.15, -0.1) is 13.2 Å². The predicted molar refractivity (Wildman–Crippen MR) is 560 cm³/mol. The van der Waals surface area contributed by atoms with Crippen molar-refractivity contribution in [2.75, 3.05) is 182 Å². The van der Waals surface area contributed by atoms with Crippen molar-refractivity contribution >= 4 is 87.2 Å². The number of halogens is 8. The van der Waals surface area contributed by atoms with Crippen molar-refractivity contribution in [3.63, 3.8) is 0 Å². The molecule has 0 saturated carbocycles. The molecule has 29 heteroatoms. The van der Waals surface area contributed by atoms with Crippen LogP contribution in [0.15, 0.2) is 115 Å². The number of alkyl halides is 6. The highest BCUT2D eigenvalue weighted by atomic mass is 19.4. The zero-order chi connectivity index (χ0) is 101. The summed E-state index contributed by atoms with van der Waals surface area (Å²) in [5, 5.41) is 8.73. The fraction of sp³-hybridized carbons (Fsp3) is 0.439. The third-order valence-corrected chi connectivity index (χ3v) is 30.5. The third-order valence-electron chi connectivity index (χ3n) is 30.5. The van der Waals surface area contributed by atoms with Crippen molar-refractivity contribution in [2.24, 2.45) is 0 Å². The van der Waals surface area contributed by atoms with Crippen LogP contribution < -0.4 is 23.7 Å². The van der Waals surface area contributed by atoms with Crippen molar-refractivity contribution in [2.45, 2.75) is 150 Å². The summed E-state index contributed by atoms with van der Waals surface area (Å²) in [4.78, 5) is 46.1.